The Bertz CT molecular complexity index is 111. The van der Waals surface area contributed by atoms with Crippen LogP contribution in [0.4, 0.5) is 0 Å². The molecule has 3 heteroatoms. The minimum Gasteiger partial charge on any atom is -1.00 e. The van der Waals surface area contributed by atoms with Crippen LogP contribution in [0.3, 0.4) is 0 Å². The van der Waals surface area contributed by atoms with Crippen LogP contribution in [0.15, 0.2) is 0 Å². The van der Waals surface area contributed by atoms with Gasteiger partial charge in [0.05, 0.1) is 0 Å². The summed E-state index contributed by atoms with van der Waals surface area (Å²) in [6.45, 7) is 16.6. The molecule has 0 bridgehead atoms. The molecule has 0 radical (unpaired) electrons. The summed E-state index contributed by atoms with van der Waals surface area (Å²) in [7, 11) is 0.180. The fourth-order valence-corrected chi connectivity index (χ4v) is 6.44. The van der Waals surface area contributed by atoms with Gasteiger partial charge >= 0.3 is 24.6 Å². The van der Waals surface area contributed by atoms with Crippen molar-refractivity contribution < 1.29 is 31.6 Å². The monoisotopic (exact) mass is 330 g/mol. The van der Waals surface area contributed by atoms with Crippen LogP contribution in [-0.2, 0) is 19.2 Å². The van der Waals surface area contributed by atoms with Gasteiger partial charge in [0.2, 0.25) is 0 Å². The molecule has 0 aliphatic rings. The largest absolute Gasteiger partial charge is 1.00 e. The molecule has 0 aromatic carbocycles. The third kappa shape index (κ3) is 8.67. The molecule has 0 aliphatic heterocycles. The molecule has 0 amide bonds. The number of hydrogen-bond acceptors (Lipinski definition) is 0. The molecule has 0 heterocycles. The summed E-state index contributed by atoms with van der Waals surface area (Å²) in [4.78, 5) is 0. The van der Waals surface area contributed by atoms with Gasteiger partial charge in [-0.15, -0.1) is 0 Å². The Morgan fingerprint density at radius 1 is 0.857 bits per heavy atom. The topological polar surface area (TPSA) is 0 Å². The molecule has 14 heavy (non-hydrogen) atoms. The number of hydrogen-bond donors (Lipinski definition) is 0. The second kappa shape index (κ2) is 9.60. The van der Waals surface area contributed by atoms with Crippen molar-refractivity contribution in [3.05, 3.63) is 0 Å². The average Bonchev–Trinajstić information content (AvgIpc) is 1.85. The van der Waals surface area contributed by atoms with Gasteiger partial charge < -0.3 is 12.4 Å². The third-order valence-electron chi connectivity index (χ3n) is 1.89. The van der Waals surface area contributed by atoms with E-state index >= 15 is 0 Å². The van der Waals surface area contributed by atoms with Gasteiger partial charge in [-0.3, -0.25) is 0 Å². The van der Waals surface area contributed by atoms with Gasteiger partial charge in [-0.2, -0.15) is 0 Å². The SMILES string of the molecule is CC(C)P(C(C)C)C(C)(C)C.[CH3][Pd+].[Cl-]. The van der Waals surface area contributed by atoms with Gasteiger partial charge in [0.25, 0.3) is 0 Å². The maximum absolute atomic E-state index is 2.75. The summed E-state index contributed by atoms with van der Waals surface area (Å²) in [5, 5.41) is 2.38. The van der Waals surface area contributed by atoms with E-state index in [1.54, 1.807) is 0 Å². The summed E-state index contributed by atoms with van der Waals surface area (Å²) in [5.74, 6) is 0. The van der Waals surface area contributed by atoms with Gasteiger partial charge in [0.15, 0.2) is 0 Å². The Kier molecular flexibility index (Phi) is 14.2. The Balaban J connectivity index is -0.000000376. The van der Waals surface area contributed by atoms with Gasteiger partial charge in [-0.1, -0.05) is 56.4 Å². The fourth-order valence-electron chi connectivity index (χ4n) is 2.15. The molecule has 0 aliphatic carbocycles. The van der Waals surface area contributed by atoms with Crippen molar-refractivity contribution in [2.45, 2.75) is 70.3 Å². The Labute approximate surface area is 110 Å². The molecular weight excluding hydrogens is 305 g/mol. The predicted octanol–water partition coefficient (Wildman–Crippen LogP) is 1.67. The Morgan fingerprint density at radius 2 is 1.07 bits per heavy atom. The van der Waals surface area contributed by atoms with E-state index in [0.29, 0.717) is 5.16 Å². The molecular formula is C11H26ClPPd. The van der Waals surface area contributed by atoms with Crippen LogP contribution in [0.5, 0.6) is 0 Å². The van der Waals surface area contributed by atoms with E-state index in [1.165, 1.54) is 0 Å². The van der Waals surface area contributed by atoms with Crippen LogP contribution >= 0.6 is 7.92 Å². The third-order valence-corrected chi connectivity index (χ3v) is 5.66. The molecule has 0 fully saturated rings. The summed E-state index contributed by atoms with van der Waals surface area (Å²) in [6, 6.07) is 0. The minimum absolute atomic E-state index is 0. The summed E-state index contributed by atoms with van der Waals surface area (Å²) in [6.07, 6.45) is 0. The molecule has 92 valence electrons. The molecule has 0 nitrogen and oxygen atoms in total. The first-order chi connectivity index (χ1) is 5.76. The average molecular weight is 331 g/mol. The first-order valence-corrected chi connectivity index (χ1v) is 7.90. The zero-order valence-electron chi connectivity index (χ0n) is 10.8. The van der Waals surface area contributed by atoms with Crippen molar-refractivity contribution in [1.29, 1.82) is 0 Å². The van der Waals surface area contributed by atoms with Crippen LogP contribution < -0.4 is 12.4 Å². The summed E-state index contributed by atoms with van der Waals surface area (Å²) in [5.41, 5.74) is 1.73. The van der Waals surface area contributed by atoms with E-state index in [9.17, 15) is 0 Å². The molecule has 0 rings (SSSR count). The Hall–Kier alpha value is 1.38. The predicted molar refractivity (Wildman–Crippen MR) is 62.8 cm³/mol. The van der Waals surface area contributed by atoms with Crippen LogP contribution in [0.25, 0.3) is 0 Å². The molecule has 0 N–H and O–H groups in total. The van der Waals surface area contributed by atoms with Crippen molar-refractivity contribution >= 4 is 7.92 Å². The Morgan fingerprint density at radius 3 is 1.07 bits per heavy atom. The van der Waals surface area contributed by atoms with E-state index in [-0.39, 0.29) is 20.3 Å². The van der Waals surface area contributed by atoms with E-state index in [2.05, 4.69) is 67.7 Å². The first kappa shape index (κ1) is 20.8. The van der Waals surface area contributed by atoms with E-state index in [0.717, 1.165) is 11.3 Å². The second-order valence-electron chi connectivity index (χ2n) is 4.77. The molecule has 0 aromatic rings. The molecule has 0 unspecified atom stereocenters. The van der Waals surface area contributed by atoms with E-state index in [1.807, 2.05) is 5.40 Å². The van der Waals surface area contributed by atoms with Crippen molar-refractivity contribution in [3.8, 4) is 0 Å². The maximum Gasteiger partial charge on any atom is -1.00 e. The molecule has 0 aromatic heterocycles. The quantitative estimate of drug-likeness (QED) is 0.533. The van der Waals surface area contributed by atoms with E-state index < -0.39 is 0 Å². The minimum atomic E-state index is 0. The van der Waals surface area contributed by atoms with Crippen molar-refractivity contribution in [3.63, 3.8) is 0 Å². The van der Waals surface area contributed by atoms with Gasteiger partial charge in [-0.05, 0) is 16.5 Å². The zero-order chi connectivity index (χ0) is 11.2. The maximum atomic E-state index is 2.75. The fraction of sp³-hybridized carbons (Fsp3) is 1.00. The van der Waals surface area contributed by atoms with Gasteiger partial charge in [-0.25, -0.2) is 0 Å². The zero-order valence-corrected chi connectivity index (χ0v) is 14.0. The van der Waals surface area contributed by atoms with Crippen molar-refractivity contribution in [1.82, 2.24) is 0 Å². The van der Waals surface area contributed by atoms with Crippen molar-refractivity contribution in [2.24, 2.45) is 0 Å². The standard InChI is InChI=1S/C10H23P.CH3.ClH.Pd/c1-8(2)11(9(3)4)10(5,6)7;;;/h8-9H,1-7H3;1H3;1H;/q;;;+1/p-1. The van der Waals surface area contributed by atoms with E-state index in [4.69, 9.17) is 0 Å². The van der Waals surface area contributed by atoms with Crippen LogP contribution in [0, 0.1) is 0 Å². The second-order valence-corrected chi connectivity index (χ2v) is 8.99. The van der Waals surface area contributed by atoms with Crippen LogP contribution in [0.1, 0.15) is 48.5 Å². The molecule has 0 spiro atoms. The van der Waals surface area contributed by atoms with Crippen LogP contribution in [0.2, 0.25) is 5.40 Å². The van der Waals surface area contributed by atoms with Gasteiger partial charge in [0.1, 0.15) is 0 Å². The molecule has 0 saturated carbocycles. The smallest absolute Gasteiger partial charge is 1.00 e. The van der Waals surface area contributed by atoms with Gasteiger partial charge in [0, 0.05) is 0 Å². The molecule has 0 saturated heterocycles. The normalized spacial score (nSPS) is 11.2. The number of halogens is 1. The number of rotatable bonds is 2. The van der Waals surface area contributed by atoms with Crippen molar-refractivity contribution in [2.75, 3.05) is 0 Å². The van der Waals surface area contributed by atoms with Crippen LogP contribution in [-0.4, -0.2) is 16.5 Å². The molecule has 0 atom stereocenters. The summed E-state index contributed by atoms with van der Waals surface area (Å²) < 4.78 is 0. The first-order valence-electron chi connectivity index (χ1n) is 4.87. The summed E-state index contributed by atoms with van der Waals surface area (Å²) >= 11 is 2.75.